The second kappa shape index (κ2) is 6.31. The fraction of sp³-hybridized carbons (Fsp3) is 0.417. The topological polar surface area (TPSA) is 49.3 Å². The van der Waals surface area contributed by atoms with Crippen molar-refractivity contribution in [2.45, 2.75) is 32.4 Å². The lowest BCUT2D eigenvalue weighted by Crippen LogP contribution is -2.27. The molecule has 1 aromatic rings. The van der Waals surface area contributed by atoms with E-state index in [1.807, 2.05) is 6.07 Å². The number of hydrogen-bond acceptors (Lipinski definition) is 3. The number of carboxylic acids is 1. The molecule has 0 aliphatic rings. The zero-order valence-corrected chi connectivity index (χ0v) is 10.0. The molecule has 0 amide bonds. The third-order valence-corrected chi connectivity index (χ3v) is 3.32. The van der Waals surface area contributed by atoms with Gasteiger partial charge in [-0.15, -0.1) is 23.7 Å². The SMILES string of the molecule is C#CCC(CC)NCc1ccsc1C(=O)O. The maximum absolute atomic E-state index is 10.9. The Balaban J connectivity index is 2.57. The van der Waals surface area contributed by atoms with Crippen molar-refractivity contribution in [3.8, 4) is 12.3 Å². The highest BCUT2D eigenvalue weighted by Gasteiger charge is 2.12. The third kappa shape index (κ3) is 3.37. The average molecular weight is 237 g/mol. The van der Waals surface area contributed by atoms with Crippen LogP contribution in [0.5, 0.6) is 0 Å². The van der Waals surface area contributed by atoms with Gasteiger partial charge in [0.2, 0.25) is 0 Å². The zero-order valence-electron chi connectivity index (χ0n) is 9.19. The van der Waals surface area contributed by atoms with Crippen LogP contribution in [0.2, 0.25) is 0 Å². The van der Waals surface area contributed by atoms with Crippen molar-refractivity contribution in [3.63, 3.8) is 0 Å². The van der Waals surface area contributed by atoms with Gasteiger partial charge in [0, 0.05) is 19.0 Å². The number of carbonyl (C=O) groups is 1. The van der Waals surface area contributed by atoms with Gasteiger partial charge in [-0.2, -0.15) is 0 Å². The minimum atomic E-state index is -0.864. The molecule has 0 bridgehead atoms. The number of nitrogens with one attached hydrogen (secondary N) is 1. The van der Waals surface area contributed by atoms with Crippen molar-refractivity contribution < 1.29 is 9.90 Å². The minimum Gasteiger partial charge on any atom is -0.477 e. The van der Waals surface area contributed by atoms with E-state index in [0.29, 0.717) is 17.8 Å². The van der Waals surface area contributed by atoms with Gasteiger partial charge in [0.15, 0.2) is 0 Å². The maximum atomic E-state index is 10.9. The number of carboxylic acid groups (broad SMARTS) is 1. The van der Waals surface area contributed by atoms with Gasteiger partial charge in [0.25, 0.3) is 0 Å². The Kier molecular flexibility index (Phi) is 5.03. The molecule has 4 heteroatoms. The van der Waals surface area contributed by atoms with Gasteiger partial charge >= 0.3 is 5.97 Å². The van der Waals surface area contributed by atoms with Crippen LogP contribution in [-0.4, -0.2) is 17.1 Å². The molecule has 1 rings (SSSR count). The summed E-state index contributed by atoms with van der Waals surface area (Å²) in [6.07, 6.45) is 6.86. The molecule has 2 N–H and O–H groups in total. The summed E-state index contributed by atoms with van der Waals surface area (Å²) in [5, 5.41) is 14.0. The van der Waals surface area contributed by atoms with Crippen molar-refractivity contribution in [2.24, 2.45) is 0 Å². The Labute approximate surface area is 99.5 Å². The summed E-state index contributed by atoms with van der Waals surface area (Å²) in [6, 6.07) is 2.09. The number of thiophene rings is 1. The van der Waals surface area contributed by atoms with E-state index in [1.165, 1.54) is 11.3 Å². The van der Waals surface area contributed by atoms with Crippen molar-refractivity contribution >= 4 is 17.3 Å². The summed E-state index contributed by atoms with van der Waals surface area (Å²) in [4.78, 5) is 11.3. The predicted molar refractivity (Wildman–Crippen MR) is 65.6 cm³/mol. The average Bonchev–Trinajstić information content (AvgIpc) is 2.72. The van der Waals surface area contributed by atoms with E-state index in [-0.39, 0.29) is 6.04 Å². The van der Waals surface area contributed by atoms with Gasteiger partial charge < -0.3 is 10.4 Å². The fourth-order valence-electron chi connectivity index (χ4n) is 1.42. The largest absolute Gasteiger partial charge is 0.477 e. The molecule has 0 aromatic carbocycles. The Hall–Kier alpha value is -1.31. The van der Waals surface area contributed by atoms with E-state index in [2.05, 4.69) is 18.2 Å². The molecule has 0 fully saturated rings. The number of terminal acetylenes is 1. The maximum Gasteiger partial charge on any atom is 0.346 e. The van der Waals surface area contributed by atoms with Gasteiger partial charge in [-0.1, -0.05) is 6.92 Å². The zero-order chi connectivity index (χ0) is 12.0. The van der Waals surface area contributed by atoms with E-state index in [9.17, 15) is 4.79 Å². The van der Waals surface area contributed by atoms with E-state index < -0.39 is 5.97 Å². The first-order valence-electron chi connectivity index (χ1n) is 5.15. The van der Waals surface area contributed by atoms with Crippen LogP contribution in [0, 0.1) is 12.3 Å². The van der Waals surface area contributed by atoms with Crippen molar-refractivity contribution in [3.05, 3.63) is 21.9 Å². The molecule has 0 saturated carbocycles. The van der Waals surface area contributed by atoms with Crippen molar-refractivity contribution in [1.29, 1.82) is 0 Å². The fourth-order valence-corrected chi connectivity index (χ4v) is 2.18. The van der Waals surface area contributed by atoms with Crippen LogP contribution in [0.3, 0.4) is 0 Å². The number of hydrogen-bond donors (Lipinski definition) is 2. The molecule has 3 nitrogen and oxygen atoms in total. The molecular weight excluding hydrogens is 222 g/mol. The standard InChI is InChI=1S/C12H15NO2S/c1-3-5-10(4-2)13-8-9-6-7-16-11(9)12(14)15/h1,6-7,10,13H,4-5,8H2,2H3,(H,14,15). The first-order valence-corrected chi connectivity index (χ1v) is 6.03. The minimum absolute atomic E-state index is 0.256. The van der Waals surface area contributed by atoms with E-state index >= 15 is 0 Å². The molecule has 0 saturated heterocycles. The third-order valence-electron chi connectivity index (χ3n) is 2.38. The molecule has 1 heterocycles. The lowest BCUT2D eigenvalue weighted by atomic mass is 10.1. The molecule has 1 unspecified atom stereocenters. The van der Waals surface area contributed by atoms with Crippen LogP contribution in [0.25, 0.3) is 0 Å². The summed E-state index contributed by atoms with van der Waals surface area (Å²) in [6.45, 7) is 2.62. The molecule has 0 radical (unpaired) electrons. The van der Waals surface area contributed by atoms with Crippen molar-refractivity contribution in [2.75, 3.05) is 0 Å². The smallest absolute Gasteiger partial charge is 0.346 e. The van der Waals surface area contributed by atoms with Crippen molar-refractivity contribution in [1.82, 2.24) is 5.32 Å². The number of aromatic carboxylic acids is 1. The molecule has 1 aromatic heterocycles. The first kappa shape index (κ1) is 12.8. The van der Waals surface area contributed by atoms with Crippen LogP contribution in [0.4, 0.5) is 0 Å². The molecule has 16 heavy (non-hydrogen) atoms. The van der Waals surface area contributed by atoms with E-state index in [0.717, 1.165) is 12.0 Å². The van der Waals surface area contributed by atoms with Gasteiger partial charge in [-0.05, 0) is 23.4 Å². The Bertz CT molecular complexity index is 392. The predicted octanol–water partition coefficient (Wildman–Crippen LogP) is 2.34. The molecule has 1 atom stereocenters. The van der Waals surface area contributed by atoms with Crippen LogP contribution in [0.1, 0.15) is 35.0 Å². The second-order valence-electron chi connectivity index (χ2n) is 3.47. The summed E-state index contributed by atoms with van der Waals surface area (Å²) < 4.78 is 0. The monoisotopic (exact) mass is 237 g/mol. The van der Waals surface area contributed by atoms with E-state index in [4.69, 9.17) is 11.5 Å². The van der Waals surface area contributed by atoms with Crippen LogP contribution < -0.4 is 5.32 Å². The van der Waals surface area contributed by atoms with Gasteiger partial charge in [0.1, 0.15) is 4.88 Å². The number of rotatable bonds is 6. The summed E-state index contributed by atoms with van der Waals surface area (Å²) in [5.41, 5.74) is 0.827. The van der Waals surface area contributed by atoms with Crippen LogP contribution in [0.15, 0.2) is 11.4 Å². The highest BCUT2D eigenvalue weighted by atomic mass is 32.1. The van der Waals surface area contributed by atoms with Crippen LogP contribution >= 0.6 is 11.3 Å². The molecule has 86 valence electrons. The summed E-state index contributed by atoms with van der Waals surface area (Å²) >= 11 is 1.25. The molecule has 0 spiro atoms. The molecule has 0 aliphatic carbocycles. The lowest BCUT2D eigenvalue weighted by Gasteiger charge is -2.13. The lowest BCUT2D eigenvalue weighted by molar-refractivity contribution is 0.0701. The van der Waals surface area contributed by atoms with Gasteiger partial charge in [-0.25, -0.2) is 4.79 Å². The Morgan fingerprint density at radius 1 is 1.75 bits per heavy atom. The normalized spacial score (nSPS) is 12.0. The second-order valence-corrected chi connectivity index (χ2v) is 4.39. The summed E-state index contributed by atoms with van der Waals surface area (Å²) in [5.74, 6) is 1.75. The Morgan fingerprint density at radius 2 is 2.50 bits per heavy atom. The molecular formula is C12H15NO2S. The Morgan fingerprint density at radius 3 is 3.06 bits per heavy atom. The summed E-state index contributed by atoms with van der Waals surface area (Å²) in [7, 11) is 0. The van der Waals surface area contributed by atoms with Crippen LogP contribution in [-0.2, 0) is 6.54 Å². The highest BCUT2D eigenvalue weighted by Crippen LogP contribution is 2.16. The van der Waals surface area contributed by atoms with Gasteiger partial charge in [-0.3, -0.25) is 0 Å². The van der Waals surface area contributed by atoms with Gasteiger partial charge in [0.05, 0.1) is 0 Å². The quantitative estimate of drug-likeness (QED) is 0.747. The molecule has 0 aliphatic heterocycles. The van der Waals surface area contributed by atoms with E-state index in [1.54, 1.807) is 5.38 Å². The first-order chi connectivity index (χ1) is 7.69. The highest BCUT2D eigenvalue weighted by molar-refractivity contribution is 7.12.